The molecule has 5 N–H and O–H groups in total. The Balaban J connectivity index is 0. The number of hydrogen-bond acceptors (Lipinski definition) is 8. The zero-order chi connectivity index (χ0) is 31.5. The number of rotatable bonds is 14. The largest absolute Gasteiger partial charge is 0.542 e. The van der Waals surface area contributed by atoms with Crippen LogP contribution in [-0.4, -0.2) is 93.0 Å². The molecule has 250 valence electrons. The van der Waals surface area contributed by atoms with E-state index in [1.54, 1.807) is 0 Å². The molecular formula is C32H54IN2O8Zn-. The van der Waals surface area contributed by atoms with Crippen LogP contribution in [0.1, 0.15) is 97.8 Å². The molecule has 0 amide bonds. The van der Waals surface area contributed by atoms with Crippen LogP contribution in [0, 0.1) is 23.8 Å². The second-order valence-electron chi connectivity index (χ2n) is 11.7. The number of ether oxygens (including phenoxy) is 3. The second kappa shape index (κ2) is 25.5. The molecule has 2 unspecified atom stereocenters. The third-order valence-electron chi connectivity index (χ3n) is 8.00. The van der Waals surface area contributed by atoms with Crippen LogP contribution in [0.5, 0.6) is 0 Å². The van der Waals surface area contributed by atoms with E-state index in [1.165, 1.54) is 13.2 Å². The van der Waals surface area contributed by atoms with E-state index in [9.17, 15) is 5.11 Å². The van der Waals surface area contributed by atoms with Gasteiger partial charge in [-0.2, -0.15) is 12.2 Å². The van der Waals surface area contributed by atoms with Gasteiger partial charge in [0.2, 0.25) is 6.04 Å². The number of nitrogens with zero attached hydrogens (tertiary/aromatic N) is 2. The van der Waals surface area contributed by atoms with E-state index in [2.05, 4.69) is 40.1 Å². The first kappa shape index (κ1) is 45.6. The Hall–Kier alpha value is -0.537. The van der Waals surface area contributed by atoms with Crippen LogP contribution in [0.4, 0.5) is 0 Å². The van der Waals surface area contributed by atoms with Crippen molar-refractivity contribution in [3.05, 3.63) is 23.6 Å². The Kier molecular flexibility index (Phi) is 26.5. The Morgan fingerprint density at radius 3 is 2.32 bits per heavy atom. The Morgan fingerprint density at radius 1 is 1.16 bits per heavy atom. The summed E-state index contributed by atoms with van der Waals surface area (Å²) in [6.07, 6.45) is 11.8. The van der Waals surface area contributed by atoms with Gasteiger partial charge >= 0.3 is 0 Å². The molecule has 3 aliphatic rings. The van der Waals surface area contributed by atoms with Crippen LogP contribution in [0.3, 0.4) is 0 Å². The first-order valence-electron chi connectivity index (χ1n) is 15.3. The van der Waals surface area contributed by atoms with E-state index >= 15 is 0 Å². The van der Waals surface area contributed by atoms with Crippen LogP contribution in [0.2, 0.25) is 0 Å². The molecule has 3 saturated heterocycles. The number of halogens is 1. The van der Waals surface area contributed by atoms with Gasteiger partial charge in [0.25, 0.3) is 0 Å². The molecule has 0 aromatic rings. The topological polar surface area (TPSA) is 165 Å². The third-order valence-corrected chi connectivity index (χ3v) is 9.29. The van der Waals surface area contributed by atoms with Gasteiger partial charge in [0.05, 0.1) is 42.7 Å². The molecule has 12 heteroatoms. The first-order chi connectivity index (χ1) is 20.1. The standard InChI is InChI=1S/C15H24INO3.C15H25NO3.C2H3O.H2O.Zn/c1-11(17-2)8-12-5-6-14-15(10-16,20-12)9-13(19-14)4-3-7-18;1-11(10-16)8-13(18)5-6-15-12(2)9-14(19-15)4-3-7-17;1-2-3;;/h11-14,18H,3-10H2,1H3;11,13-15,17-18H,2-9H2,1H3;1H3;1H2;/q;;-1;;/t11-,12-,13+,14+,15-;11?,13?,14-,15-;;;/m10.../s1. The van der Waals surface area contributed by atoms with Crippen molar-refractivity contribution in [2.45, 2.75) is 146 Å². The second-order valence-corrected chi connectivity index (χ2v) is 12.5. The van der Waals surface area contributed by atoms with E-state index < -0.39 is 6.10 Å². The van der Waals surface area contributed by atoms with Gasteiger partial charge in [0.1, 0.15) is 5.60 Å². The molecule has 0 saturated carbocycles. The zero-order valence-electron chi connectivity index (χ0n) is 26.9. The van der Waals surface area contributed by atoms with Gasteiger partial charge in [-0.25, -0.2) is 6.57 Å². The minimum absolute atomic E-state index is 0. The predicted octanol–water partition coefficient (Wildman–Crippen LogP) is 4.42. The number of alkyl halides is 1. The molecule has 44 heavy (non-hydrogen) atoms. The van der Waals surface area contributed by atoms with Crippen molar-refractivity contribution in [2.75, 3.05) is 17.6 Å². The molecule has 0 radical (unpaired) electrons. The van der Waals surface area contributed by atoms with Crippen molar-refractivity contribution >= 4 is 28.9 Å². The molecule has 0 aliphatic carbocycles. The number of fused-ring (bicyclic) bond motifs is 1. The number of carbonyl (C=O) groups excluding carboxylic acids is 1. The molecule has 0 spiro atoms. The maximum atomic E-state index is 9.84. The number of aliphatic hydroxyl groups is 3. The van der Waals surface area contributed by atoms with Crippen LogP contribution in [0.15, 0.2) is 12.2 Å². The molecule has 3 rings (SSSR count). The molecule has 0 aromatic heterocycles. The average molecular weight is 787 g/mol. The van der Waals surface area contributed by atoms with Crippen molar-refractivity contribution in [2.24, 2.45) is 5.92 Å². The minimum Gasteiger partial charge on any atom is -0.542 e. The number of nitriles is 1. The molecular weight excluding hydrogens is 733 g/mol. The van der Waals surface area contributed by atoms with Crippen molar-refractivity contribution in [3.8, 4) is 6.07 Å². The van der Waals surface area contributed by atoms with E-state index in [0.29, 0.717) is 12.8 Å². The molecule has 10 nitrogen and oxygen atoms in total. The van der Waals surface area contributed by atoms with Gasteiger partial charge in [-0.15, -0.1) is 0 Å². The van der Waals surface area contributed by atoms with Crippen molar-refractivity contribution < 1.29 is 59.3 Å². The van der Waals surface area contributed by atoms with Gasteiger partial charge in [-0.1, -0.05) is 29.2 Å². The fraction of sp³-hybridized carbons (Fsp3) is 0.844. The SMILES string of the molecule is C=C1C[C@H](CCCO)O[C@H]1CCC(O)CC(C)C#N.C[C-]=O.O.[C-]#[N+][C@H](C)C[C@H]1CC[C@@H]2O[C@@H](CCCO)C[C@]2(CI)O1.[Zn]. The first-order valence-corrected chi connectivity index (χ1v) is 16.8. The number of aliphatic hydroxyl groups excluding tert-OH is 3. The molecule has 0 aromatic carbocycles. The molecule has 3 fully saturated rings. The molecule has 0 bridgehead atoms. The quantitative estimate of drug-likeness (QED) is 0.0766. The van der Waals surface area contributed by atoms with E-state index in [4.69, 9.17) is 41.1 Å². The van der Waals surface area contributed by atoms with Crippen LogP contribution >= 0.6 is 22.6 Å². The van der Waals surface area contributed by atoms with Crippen molar-refractivity contribution in [1.29, 1.82) is 5.26 Å². The predicted molar refractivity (Wildman–Crippen MR) is 174 cm³/mol. The average Bonchev–Trinajstić information content (AvgIpc) is 3.53. The maximum absolute atomic E-state index is 9.84. The van der Waals surface area contributed by atoms with Gasteiger partial charge in [0.15, 0.2) is 0 Å². The van der Waals surface area contributed by atoms with Crippen LogP contribution < -0.4 is 0 Å². The van der Waals surface area contributed by atoms with Gasteiger partial charge in [-0.3, -0.25) is 6.29 Å². The summed E-state index contributed by atoms with van der Waals surface area (Å²) >= 11 is 2.40. The summed E-state index contributed by atoms with van der Waals surface area (Å²) in [5.74, 6) is -0.111. The number of hydrogen-bond donors (Lipinski definition) is 3. The molecule has 3 aliphatic heterocycles. The van der Waals surface area contributed by atoms with Crippen LogP contribution in [0.25, 0.3) is 4.85 Å². The van der Waals surface area contributed by atoms with Gasteiger partial charge in [0, 0.05) is 62.8 Å². The van der Waals surface area contributed by atoms with Crippen molar-refractivity contribution in [3.63, 3.8) is 0 Å². The maximum Gasteiger partial charge on any atom is 0.223 e. The third kappa shape index (κ3) is 16.3. The zero-order valence-corrected chi connectivity index (χ0v) is 32.0. The van der Waals surface area contributed by atoms with E-state index in [0.717, 1.165) is 74.2 Å². The van der Waals surface area contributed by atoms with Gasteiger partial charge < -0.3 is 44.6 Å². The summed E-state index contributed by atoms with van der Waals surface area (Å²) in [5.41, 5.74) is 0.925. The summed E-state index contributed by atoms with van der Waals surface area (Å²) in [6, 6.07) is 2.17. The molecule has 9 atom stereocenters. The van der Waals surface area contributed by atoms with E-state index in [-0.39, 0.29) is 86.2 Å². The van der Waals surface area contributed by atoms with E-state index in [1.807, 2.05) is 13.8 Å². The monoisotopic (exact) mass is 785 g/mol. The van der Waals surface area contributed by atoms with Gasteiger partial charge in [-0.05, 0) is 76.7 Å². The molecule has 3 heterocycles. The smallest absolute Gasteiger partial charge is 0.223 e. The summed E-state index contributed by atoms with van der Waals surface area (Å²) in [6.45, 7) is 16.7. The Labute approximate surface area is 291 Å². The summed E-state index contributed by atoms with van der Waals surface area (Å²) < 4.78 is 19.3. The fourth-order valence-electron chi connectivity index (χ4n) is 5.85. The Morgan fingerprint density at radius 2 is 1.77 bits per heavy atom. The minimum atomic E-state index is -0.442. The summed E-state index contributed by atoms with van der Waals surface area (Å²) in [5, 5.41) is 36.3. The summed E-state index contributed by atoms with van der Waals surface area (Å²) in [4.78, 5) is 12.3. The summed E-state index contributed by atoms with van der Waals surface area (Å²) in [7, 11) is 0. The Bertz CT molecular complexity index is 872. The fourth-order valence-corrected chi connectivity index (χ4v) is 6.83. The van der Waals surface area contributed by atoms with Crippen LogP contribution in [-0.2, 0) is 38.5 Å². The normalized spacial score (nSPS) is 28.9. The van der Waals surface area contributed by atoms with Crippen molar-refractivity contribution in [1.82, 2.24) is 0 Å².